The van der Waals surface area contributed by atoms with Crippen LogP contribution in [0.15, 0.2) is 46.2 Å². The van der Waals surface area contributed by atoms with Gasteiger partial charge >= 0.3 is 5.69 Å². The molecule has 7 heteroatoms. The molecule has 0 N–H and O–H groups in total. The normalized spacial score (nSPS) is 15.3. The molecule has 1 saturated carbocycles. The van der Waals surface area contributed by atoms with Crippen LogP contribution >= 0.6 is 0 Å². The van der Waals surface area contributed by atoms with Gasteiger partial charge in [-0.2, -0.15) is 0 Å². The van der Waals surface area contributed by atoms with Crippen molar-refractivity contribution in [3.8, 4) is 5.69 Å². The molecular weight excluding hydrogens is 368 g/mol. The zero-order valence-corrected chi connectivity index (χ0v) is 17.1. The van der Waals surface area contributed by atoms with Crippen LogP contribution in [-0.2, 0) is 11.3 Å². The molecule has 0 amide bonds. The van der Waals surface area contributed by atoms with Gasteiger partial charge in [-0.3, -0.25) is 14.2 Å². The number of ketones is 1. The van der Waals surface area contributed by atoms with Crippen LogP contribution in [0.5, 0.6) is 0 Å². The molecule has 0 atom stereocenters. The van der Waals surface area contributed by atoms with E-state index in [9.17, 15) is 14.4 Å². The molecule has 4 rings (SSSR count). The second kappa shape index (κ2) is 7.13. The van der Waals surface area contributed by atoms with Gasteiger partial charge in [-0.25, -0.2) is 14.3 Å². The fourth-order valence-electron chi connectivity index (χ4n) is 3.96. The predicted molar refractivity (Wildman–Crippen MR) is 112 cm³/mol. The third-order valence-corrected chi connectivity index (χ3v) is 5.70. The van der Waals surface area contributed by atoms with Gasteiger partial charge in [0.15, 0.2) is 16.9 Å². The Morgan fingerprint density at radius 1 is 1.10 bits per heavy atom. The minimum Gasteiger partial charge on any atom is -0.317 e. The number of nitrogens with zero attached hydrogens (tertiary/aromatic N) is 4. The number of aromatic nitrogens is 4. The van der Waals surface area contributed by atoms with Crippen molar-refractivity contribution in [3.63, 3.8) is 0 Å². The van der Waals surface area contributed by atoms with Gasteiger partial charge in [-0.15, -0.1) is 0 Å². The van der Waals surface area contributed by atoms with Crippen LogP contribution in [-0.4, -0.2) is 24.5 Å². The van der Waals surface area contributed by atoms with E-state index >= 15 is 0 Å². The van der Waals surface area contributed by atoms with E-state index < -0.39 is 5.41 Å². The number of Topliss-reactive ketones (excluding diaryl/α,β-unsaturated/α-hetero) is 1. The van der Waals surface area contributed by atoms with Gasteiger partial charge in [0, 0.05) is 11.5 Å². The largest absolute Gasteiger partial charge is 0.337 e. The first kappa shape index (κ1) is 19.4. The lowest BCUT2D eigenvalue weighted by atomic mass is 9.91. The monoisotopic (exact) mass is 394 g/mol. The van der Waals surface area contributed by atoms with E-state index in [1.54, 1.807) is 4.57 Å². The van der Waals surface area contributed by atoms with E-state index in [0.717, 1.165) is 25.7 Å². The van der Waals surface area contributed by atoms with Crippen LogP contribution < -0.4 is 11.2 Å². The van der Waals surface area contributed by atoms with Gasteiger partial charge in [0.05, 0.1) is 18.6 Å². The summed E-state index contributed by atoms with van der Waals surface area (Å²) in [6, 6.07) is 9.10. The molecule has 1 aromatic carbocycles. The first-order valence-corrected chi connectivity index (χ1v) is 10.1. The van der Waals surface area contributed by atoms with E-state index in [0.29, 0.717) is 16.9 Å². The first-order chi connectivity index (χ1) is 13.8. The van der Waals surface area contributed by atoms with E-state index in [-0.39, 0.29) is 29.6 Å². The van der Waals surface area contributed by atoms with Crippen molar-refractivity contribution in [3.05, 3.63) is 57.5 Å². The van der Waals surface area contributed by atoms with Crippen molar-refractivity contribution in [2.24, 2.45) is 5.41 Å². The van der Waals surface area contributed by atoms with E-state index in [4.69, 9.17) is 0 Å². The van der Waals surface area contributed by atoms with Gasteiger partial charge in [-0.1, -0.05) is 51.8 Å². The molecule has 1 aliphatic carbocycles. The predicted octanol–water partition coefficient (Wildman–Crippen LogP) is 3.08. The summed E-state index contributed by atoms with van der Waals surface area (Å²) < 4.78 is 4.46. The number of carbonyl (C=O) groups excluding carboxylic acids is 1. The number of hydrogen-bond acceptors (Lipinski definition) is 4. The summed E-state index contributed by atoms with van der Waals surface area (Å²) in [5.74, 6) is 0.000998. The number of para-hydroxylation sites is 1. The van der Waals surface area contributed by atoms with Crippen molar-refractivity contribution >= 4 is 16.9 Å². The topological polar surface area (TPSA) is 78.9 Å². The molecule has 0 unspecified atom stereocenters. The molecule has 2 aromatic heterocycles. The van der Waals surface area contributed by atoms with Crippen LogP contribution in [0.2, 0.25) is 0 Å². The van der Waals surface area contributed by atoms with Crippen LogP contribution in [0, 0.1) is 5.41 Å². The molecule has 7 nitrogen and oxygen atoms in total. The smallest absolute Gasteiger partial charge is 0.317 e. The Bertz CT molecular complexity index is 1170. The third kappa shape index (κ3) is 3.34. The minimum atomic E-state index is -0.533. The molecule has 29 heavy (non-hydrogen) atoms. The molecule has 0 aliphatic heterocycles. The minimum absolute atomic E-state index is 0.000998. The SMILES string of the molecule is CC(C)(C)C(=O)Cn1cnc2c1c(=O)n(C1CCCC1)c(=O)n2-c1ccccc1. The van der Waals surface area contributed by atoms with Crippen molar-refractivity contribution < 1.29 is 4.79 Å². The highest BCUT2D eigenvalue weighted by molar-refractivity contribution is 5.85. The molecule has 1 aliphatic rings. The lowest BCUT2D eigenvalue weighted by molar-refractivity contribution is -0.126. The Labute approximate surface area is 168 Å². The molecule has 152 valence electrons. The fraction of sp³-hybridized carbons (Fsp3) is 0.455. The second-order valence-corrected chi connectivity index (χ2v) is 8.78. The summed E-state index contributed by atoms with van der Waals surface area (Å²) in [6.45, 7) is 5.61. The average molecular weight is 394 g/mol. The average Bonchev–Trinajstić information content (AvgIpc) is 3.33. The number of rotatable bonds is 4. The number of hydrogen-bond donors (Lipinski definition) is 0. The molecule has 2 heterocycles. The van der Waals surface area contributed by atoms with E-state index in [1.807, 2.05) is 51.1 Å². The maximum absolute atomic E-state index is 13.4. The molecule has 0 radical (unpaired) electrons. The van der Waals surface area contributed by atoms with Crippen LogP contribution in [0.1, 0.15) is 52.5 Å². The summed E-state index contributed by atoms with van der Waals surface area (Å²) >= 11 is 0. The van der Waals surface area contributed by atoms with Crippen molar-refractivity contribution in [2.75, 3.05) is 0 Å². The Balaban J connectivity index is 2.01. The van der Waals surface area contributed by atoms with Gasteiger partial charge in [-0.05, 0) is 25.0 Å². The van der Waals surface area contributed by atoms with Gasteiger partial charge < -0.3 is 4.57 Å². The standard InChI is InChI=1S/C22H26N4O3/c1-22(2,3)17(27)13-24-14-23-19-18(24)20(28)26(16-11-7-8-12-16)21(29)25(19)15-9-5-4-6-10-15/h4-6,9-10,14,16H,7-8,11-13H2,1-3H3. The number of imidazole rings is 1. The van der Waals surface area contributed by atoms with E-state index in [2.05, 4.69) is 4.98 Å². The molecule has 1 fully saturated rings. The Morgan fingerprint density at radius 3 is 2.38 bits per heavy atom. The first-order valence-electron chi connectivity index (χ1n) is 10.1. The summed E-state index contributed by atoms with van der Waals surface area (Å²) in [4.78, 5) is 43.8. The number of fused-ring (bicyclic) bond motifs is 1. The molecule has 0 bridgehead atoms. The molecular formula is C22H26N4O3. The van der Waals surface area contributed by atoms with Crippen LogP contribution in [0.3, 0.4) is 0 Å². The fourth-order valence-corrected chi connectivity index (χ4v) is 3.96. The quantitative estimate of drug-likeness (QED) is 0.681. The van der Waals surface area contributed by atoms with Gasteiger partial charge in [0.2, 0.25) is 0 Å². The number of carbonyl (C=O) groups is 1. The Kier molecular flexibility index (Phi) is 4.76. The number of benzene rings is 1. The highest BCUT2D eigenvalue weighted by atomic mass is 16.2. The van der Waals surface area contributed by atoms with Crippen molar-refractivity contribution in [1.82, 2.24) is 18.7 Å². The van der Waals surface area contributed by atoms with Crippen LogP contribution in [0.4, 0.5) is 0 Å². The molecule has 3 aromatic rings. The van der Waals surface area contributed by atoms with Crippen molar-refractivity contribution in [1.29, 1.82) is 0 Å². The summed E-state index contributed by atoms with van der Waals surface area (Å²) in [5.41, 5.74) is -0.00683. The highest BCUT2D eigenvalue weighted by Crippen LogP contribution is 2.28. The summed E-state index contributed by atoms with van der Waals surface area (Å²) in [6.07, 6.45) is 5.12. The second-order valence-electron chi connectivity index (χ2n) is 8.78. The Morgan fingerprint density at radius 2 is 1.76 bits per heavy atom. The van der Waals surface area contributed by atoms with Gasteiger partial charge in [0.25, 0.3) is 5.56 Å². The van der Waals surface area contributed by atoms with Gasteiger partial charge in [0.1, 0.15) is 0 Å². The zero-order valence-electron chi connectivity index (χ0n) is 17.1. The maximum Gasteiger partial charge on any atom is 0.337 e. The summed E-state index contributed by atoms with van der Waals surface area (Å²) in [7, 11) is 0. The lowest BCUT2D eigenvalue weighted by Gasteiger charge is -2.18. The lowest BCUT2D eigenvalue weighted by Crippen LogP contribution is -2.42. The summed E-state index contributed by atoms with van der Waals surface area (Å²) in [5, 5.41) is 0. The van der Waals surface area contributed by atoms with E-state index in [1.165, 1.54) is 15.5 Å². The molecule has 0 saturated heterocycles. The van der Waals surface area contributed by atoms with Crippen molar-refractivity contribution in [2.45, 2.75) is 59.0 Å². The maximum atomic E-state index is 13.4. The Hall–Kier alpha value is -2.96. The zero-order chi connectivity index (χ0) is 20.8. The van der Waals surface area contributed by atoms with Crippen LogP contribution in [0.25, 0.3) is 16.9 Å². The molecule has 0 spiro atoms. The highest BCUT2D eigenvalue weighted by Gasteiger charge is 2.28. The third-order valence-electron chi connectivity index (χ3n) is 5.70.